The second-order valence-electron chi connectivity index (χ2n) is 3.54. The van der Waals surface area contributed by atoms with Gasteiger partial charge in [-0.2, -0.15) is 35.9 Å². The Morgan fingerprint density at radius 1 is 1.08 bits per heavy atom. The van der Waals surface area contributed by atoms with Crippen LogP contribution in [0, 0.1) is 6.07 Å². The van der Waals surface area contributed by atoms with Gasteiger partial charge in [-0.25, -0.2) is 0 Å². The molecule has 0 saturated carbocycles. The van der Waals surface area contributed by atoms with Gasteiger partial charge in [-0.15, -0.1) is 0 Å². The Morgan fingerprint density at radius 3 is 1.75 bits per heavy atom. The molecular formula is C10H13BrZn. The molecule has 1 aromatic carbocycles. The SMILES string of the molecule is CC(C)(C)c1cc[c-]cc1.[Br-].[Zn+2]. The summed E-state index contributed by atoms with van der Waals surface area (Å²) in [5, 5.41) is 0. The van der Waals surface area contributed by atoms with Crippen molar-refractivity contribution in [3.8, 4) is 0 Å². The van der Waals surface area contributed by atoms with E-state index in [1.165, 1.54) is 5.56 Å². The van der Waals surface area contributed by atoms with Gasteiger partial charge in [-0.05, 0) is 5.41 Å². The molecule has 0 amide bonds. The van der Waals surface area contributed by atoms with Crippen LogP contribution in [0.2, 0.25) is 0 Å². The Bertz CT molecular complexity index is 201. The van der Waals surface area contributed by atoms with Gasteiger partial charge >= 0.3 is 19.5 Å². The zero-order valence-corrected chi connectivity index (χ0v) is 12.4. The van der Waals surface area contributed by atoms with Crippen LogP contribution >= 0.6 is 0 Å². The molecule has 62 valence electrons. The fourth-order valence-electron chi connectivity index (χ4n) is 0.887. The summed E-state index contributed by atoms with van der Waals surface area (Å²) in [5.74, 6) is 0. The first-order chi connectivity index (χ1) is 4.61. The van der Waals surface area contributed by atoms with Crippen molar-refractivity contribution in [2.24, 2.45) is 0 Å². The van der Waals surface area contributed by atoms with Crippen molar-refractivity contribution < 1.29 is 36.5 Å². The van der Waals surface area contributed by atoms with E-state index in [1.54, 1.807) is 0 Å². The smallest absolute Gasteiger partial charge is 1.00 e. The molecule has 1 rings (SSSR count). The van der Waals surface area contributed by atoms with Gasteiger partial charge in [0.05, 0.1) is 0 Å². The number of hydrogen-bond acceptors (Lipinski definition) is 0. The van der Waals surface area contributed by atoms with E-state index < -0.39 is 0 Å². The predicted molar refractivity (Wildman–Crippen MR) is 44.0 cm³/mol. The summed E-state index contributed by atoms with van der Waals surface area (Å²) in [6.45, 7) is 6.63. The molecule has 0 bridgehead atoms. The zero-order chi connectivity index (χ0) is 7.61. The molecule has 0 aliphatic rings. The zero-order valence-electron chi connectivity index (χ0n) is 7.89. The monoisotopic (exact) mass is 276 g/mol. The standard InChI is InChI=1S/C10H13.BrH.Zn/c1-10(2,3)9-7-5-4-6-8-9;;/h5-8H,1-3H3;1H;/q-1;;+2/p-1. The molecule has 0 fully saturated rings. The van der Waals surface area contributed by atoms with E-state index >= 15 is 0 Å². The van der Waals surface area contributed by atoms with E-state index in [1.807, 2.05) is 12.1 Å². The number of hydrogen-bond donors (Lipinski definition) is 0. The largest absolute Gasteiger partial charge is 2.00 e. The van der Waals surface area contributed by atoms with E-state index in [4.69, 9.17) is 0 Å². The second kappa shape index (κ2) is 5.88. The van der Waals surface area contributed by atoms with Gasteiger partial charge in [0.2, 0.25) is 0 Å². The molecule has 0 spiro atoms. The van der Waals surface area contributed by atoms with Gasteiger partial charge in [0.25, 0.3) is 0 Å². The summed E-state index contributed by atoms with van der Waals surface area (Å²) in [7, 11) is 0. The van der Waals surface area contributed by atoms with Crippen molar-refractivity contribution in [2.75, 3.05) is 0 Å². The minimum atomic E-state index is 0. The molecule has 0 radical (unpaired) electrons. The quantitative estimate of drug-likeness (QED) is 0.455. The number of benzene rings is 1. The van der Waals surface area contributed by atoms with Crippen LogP contribution < -0.4 is 17.0 Å². The molecule has 0 atom stereocenters. The van der Waals surface area contributed by atoms with Crippen LogP contribution in [0.5, 0.6) is 0 Å². The van der Waals surface area contributed by atoms with Crippen molar-refractivity contribution in [3.05, 3.63) is 35.9 Å². The number of halogens is 1. The summed E-state index contributed by atoms with van der Waals surface area (Å²) in [6.07, 6.45) is 0. The van der Waals surface area contributed by atoms with Crippen molar-refractivity contribution >= 4 is 0 Å². The molecular weight excluding hydrogens is 265 g/mol. The van der Waals surface area contributed by atoms with Gasteiger partial charge in [-0.3, -0.25) is 0 Å². The summed E-state index contributed by atoms with van der Waals surface area (Å²) < 4.78 is 0. The molecule has 0 nitrogen and oxygen atoms in total. The van der Waals surface area contributed by atoms with Crippen molar-refractivity contribution in [1.29, 1.82) is 0 Å². The number of rotatable bonds is 0. The van der Waals surface area contributed by atoms with Crippen LogP contribution in [0.1, 0.15) is 26.3 Å². The minimum Gasteiger partial charge on any atom is -1.00 e. The third-order valence-corrected chi connectivity index (χ3v) is 1.58. The van der Waals surface area contributed by atoms with Gasteiger partial charge < -0.3 is 17.0 Å². The maximum atomic E-state index is 3.00. The van der Waals surface area contributed by atoms with Gasteiger partial charge in [0, 0.05) is 0 Å². The molecule has 0 N–H and O–H groups in total. The summed E-state index contributed by atoms with van der Waals surface area (Å²) in [4.78, 5) is 0. The summed E-state index contributed by atoms with van der Waals surface area (Å²) in [6, 6.07) is 11.1. The van der Waals surface area contributed by atoms with E-state index in [2.05, 4.69) is 39.0 Å². The first-order valence-electron chi connectivity index (χ1n) is 3.57. The third-order valence-electron chi connectivity index (χ3n) is 1.58. The Morgan fingerprint density at radius 2 is 1.50 bits per heavy atom. The average molecular weight is 279 g/mol. The predicted octanol–water partition coefficient (Wildman–Crippen LogP) is -0.214. The first-order valence-corrected chi connectivity index (χ1v) is 3.57. The molecule has 0 aromatic heterocycles. The fraction of sp³-hybridized carbons (Fsp3) is 0.400. The summed E-state index contributed by atoms with van der Waals surface area (Å²) >= 11 is 0. The molecule has 0 heterocycles. The topological polar surface area (TPSA) is 0 Å². The average Bonchev–Trinajstić information content (AvgIpc) is 1.88. The van der Waals surface area contributed by atoms with E-state index in [0.717, 1.165) is 0 Å². The first kappa shape index (κ1) is 14.8. The third kappa shape index (κ3) is 4.37. The Labute approximate surface area is 98.3 Å². The molecule has 0 saturated heterocycles. The normalized spacial score (nSPS) is 9.58. The van der Waals surface area contributed by atoms with Crippen molar-refractivity contribution in [3.63, 3.8) is 0 Å². The molecule has 0 aliphatic carbocycles. The molecule has 2 heteroatoms. The molecule has 0 aliphatic heterocycles. The van der Waals surface area contributed by atoms with Crippen LogP contribution in [0.25, 0.3) is 0 Å². The molecule has 0 unspecified atom stereocenters. The Hall–Kier alpha value is 0.323. The van der Waals surface area contributed by atoms with E-state index in [9.17, 15) is 0 Å². The second-order valence-corrected chi connectivity index (χ2v) is 3.54. The van der Waals surface area contributed by atoms with Crippen LogP contribution in [0.3, 0.4) is 0 Å². The summed E-state index contributed by atoms with van der Waals surface area (Å²) in [5.41, 5.74) is 1.64. The van der Waals surface area contributed by atoms with E-state index in [-0.39, 0.29) is 41.9 Å². The van der Waals surface area contributed by atoms with Crippen LogP contribution in [0.15, 0.2) is 24.3 Å². The molecule has 1 aromatic rings. The minimum absolute atomic E-state index is 0. The van der Waals surface area contributed by atoms with Crippen LogP contribution in [-0.2, 0) is 24.9 Å². The van der Waals surface area contributed by atoms with Gasteiger partial charge in [-0.1, -0.05) is 20.8 Å². The van der Waals surface area contributed by atoms with Crippen molar-refractivity contribution in [1.82, 2.24) is 0 Å². The maximum Gasteiger partial charge on any atom is 2.00 e. The maximum absolute atomic E-state index is 3.00. The molecule has 12 heavy (non-hydrogen) atoms. The Kier molecular flexibility index (Phi) is 7.27. The van der Waals surface area contributed by atoms with Crippen LogP contribution in [0.4, 0.5) is 0 Å². The van der Waals surface area contributed by atoms with Gasteiger partial charge in [0.15, 0.2) is 0 Å². The van der Waals surface area contributed by atoms with Crippen LogP contribution in [-0.4, -0.2) is 0 Å². The Balaban J connectivity index is 0. The van der Waals surface area contributed by atoms with Gasteiger partial charge in [0.1, 0.15) is 0 Å². The van der Waals surface area contributed by atoms with E-state index in [0.29, 0.717) is 0 Å². The van der Waals surface area contributed by atoms with Crippen molar-refractivity contribution in [2.45, 2.75) is 26.2 Å². The fourth-order valence-corrected chi connectivity index (χ4v) is 0.887.